The van der Waals surface area contributed by atoms with Gasteiger partial charge in [-0.2, -0.15) is 0 Å². The molecule has 4 rings (SSSR count). The Balaban J connectivity index is 1.48. The minimum atomic E-state index is -0.671. The molecule has 2 heterocycles. The van der Waals surface area contributed by atoms with E-state index in [9.17, 15) is 19.2 Å². The second-order valence-corrected chi connectivity index (χ2v) is 7.94. The molecule has 29 heavy (non-hydrogen) atoms. The maximum absolute atomic E-state index is 12.5. The van der Waals surface area contributed by atoms with E-state index in [4.69, 9.17) is 9.15 Å². The SMILES string of the molecule is Cc1cc2oc(=O)cc(COC(=O)CN3C(=O)[C@@H]4CCCC[C@H]4C3=O)c2cc1C. The molecule has 7 heteroatoms. The summed E-state index contributed by atoms with van der Waals surface area (Å²) in [4.78, 5) is 50.2. The molecule has 7 nitrogen and oxygen atoms in total. The maximum atomic E-state index is 12.5. The van der Waals surface area contributed by atoms with Crippen LogP contribution in [-0.4, -0.2) is 29.2 Å². The van der Waals surface area contributed by atoms with Crippen molar-refractivity contribution in [2.24, 2.45) is 11.8 Å². The van der Waals surface area contributed by atoms with E-state index in [1.165, 1.54) is 6.07 Å². The normalized spacial score (nSPS) is 21.5. The fraction of sp³-hybridized carbons (Fsp3) is 0.455. The molecule has 2 amide bonds. The number of likely N-dealkylation sites (tertiary alicyclic amines) is 1. The lowest BCUT2D eigenvalue weighted by atomic mass is 9.81. The topological polar surface area (TPSA) is 93.9 Å². The number of ether oxygens (including phenoxy) is 1. The molecule has 2 aromatic rings. The summed E-state index contributed by atoms with van der Waals surface area (Å²) < 4.78 is 10.5. The van der Waals surface area contributed by atoms with Gasteiger partial charge in [-0.05, 0) is 49.9 Å². The van der Waals surface area contributed by atoms with E-state index < -0.39 is 11.6 Å². The van der Waals surface area contributed by atoms with Crippen LogP contribution in [0.2, 0.25) is 0 Å². The fourth-order valence-corrected chi connectivity index (χ4v) is 4.32. The Bertz CT molecular complexity index is 1040. The highest BCUT2D eigenvalue weighted by Gasteiger charge is 2.48. The number of esters is 1. The fourth-order valence-electron chi connectivity index (χ4n) is 4.32. The van der Waals surface area contributed by atoms with Crippen molar-refractivity contribution in [3.63, 3.8) is 0 Å². The van der Waals surface area contributed by atoms with Gasteiger partial charge in [0.05, 0.1) is 11.8 Å². The number of hydrogen-bond donors (Lipinski definition) is 0. The Labute approximate surface area is 167 Å². The van der Waals surface area contributed by atoms with Gasteiger partial charge < -0.3 is 9.15 Å². The first-order chi connectivity index (χ1) is 13.8. The van der Waals surface area contributed by atoms with Gasteiger partial charge >= 0.3 is 11.6 Å². The largest absolute Gasteiger partial charge is 0.459 e. The van der Waals surface area contributed by atoms with Crippen molar-refractivity contribution in [2.75, 3.05) is 6.54 Å². The number of benzene rings is 1. The third kappa shape index (κ3) is 3.57. The molecule has 2 fully saturated rings. The number of aryl methyl sites for hydroxylation is 2. The highest BCUT2D eigenvalue weighted by molar-refractivity contribution is 6.07. The molecule has 152 valence electrons. The average Bonchev–Trinajstić information content (AvgIpc) is 2.93. The van der Waals surface area contributed by atoms with E-state index >= 15 is 0 Å². The van der Waals surface area contributed by atoms with Crippen LogP contribution in [0, 0.1) is 25.7 Å². The molecule has 0 unspecified atom stereocenters. The lowest BCUT2D eigenvalue weighted by Crippen LogP contribution is -2.36. The van der Waals surface area contributed by atoms with Gasteiger partial charge in [0.25, 0.3) is 0 Å². The zero-order valence-corrected chi connectivity index (χ0v) is 16.5. The molecule has 2 atom stereocenters. The number of rotatable bonds is 4. The summed E-state index contributed by atoms with van der Waals surface area (Å²) in [5.41, 5.74) is 2.44. The summed E-state index contributed by atoms with van der Waals surface area (Å²) in [6.07, 6.45) is 3.26. The van der Waals surface area contributed by atoms with Crippen molar-refractivity contribution in [1.82, 2.24) is 4.90 Å². The zero-order valence-electron chi connectivity index (χ0n) is 16.5. The Hall–Kier alpha value is -2.96. The first-order valence-electron chi connectivity index (χ1n) is 9.90. The number of imide groups is 1. The molecule has 1 aliphatic carbocycles. The maximum Gasteiger partial charge on any atom is 0.336 e. The van der Waals surface area contributed by atoms with E-state index in [0.717, 1.165) is 28.9 Å². The van der Waals surface area contributed by atoms with Crippen molar-refractivity contribution in [3.05, 3.63) is 45.3 Å². The van der Waals surface area contributed by atoms with Crippen molar-refractivity contribution in [2.45, 2.75) is 46.1 Å². The summed E-state index contributed by atoms with van der Waals surface area (Å²) in [6.45, 7) is 3.34. The van der Waals surface area contributed by atoms with Crippen LogP contribution in [0.1, 0.15) is 42.4 Å². The molecular formula is C22H23NO6. The average molecular weight is 397 g/mol. The quantitative estimate of drug-likeness (QED) is 0.447. The highest BCUT2D eigenvalue weighted by atomic mass is 16.5. The summed E-state index contributed by atoms with van der Waals surface area (Å²) in [6, 6.07) is 4.96. The number of nitrogens with zero attached hydrogens (tertiary/aromatic N) is 1. The molecule has 0 bridgehead atoms. The van der Waals surface area contributed by atoms with Gasteiger partial charge in [-0.25, -0.2) is 4.79 Å². The second kappa shape index (κ2) is 7.46. The van der Waals surface area contributed by atoms with E-state index in [0.29, 0.717) is 29.4 Å². The number of fused-ring (bicyclic) bond motifs is 2. The Morgan fingerprint density at radius 3 is 2.31 bits per heavy atom. The van der Waals surface area contributed by atoms with Crippen LogP contribution < -0.4 is 5.63 Å². The van der Waals surface area contributed by atoms with Gasteiger partial charge in [-0.15, -0.1) is 0 Å². The molecule has 2 aliphatic rings. The molecule has 0 spiro atoms. The monoisotopic (exact) mass is 397 g/mol. The van der Waals surface area contributed by atoms with Crippen molar-refractivity contribution in [3.8, 4) is 0 Å². The first kappa shape index (κ1) is 19.4. The molecular weight excluding hydrogens is 374 g/mol. The lowest BCUT2D eigenvalue weighted by molar-refractivity contribution is -0.153. The van der Waals surface area contributed by atoms with Gasteiger partial charge in [0.2, 0.25) is 11.8 Å². The minimum Gasteiger partial charge on any atom is -0.459 e. The third-order valence-corrected chi connectivity index (χ3v) is 6.05. The Morgan fingerprint density at radius 1 is 1.03 bits per heavy atom. The molecule has 1 aromatic heterocycles. The van der Waals surface area contributed by atoms with Crippen LogP contribution in [0.15, 0.2) is 27.4 Å². The van der Waals surface area contributed by atoms with Crippen LogP contribution in [0.3, 0.4) is 0 Å². The highest BCUT2D eigenvalue weighted by Crippen LogP contribution is 2.37. The van der Waals surface area contributed by atoms with Gasteiger partial charge in [0.1, 0.15) is 18.7 Å². The standard InChI is InChI=1S/C22H23NO6/c1-12-7-17-14(9-19(24)29-18(17)8-13(12)2)11-28-20(25)10-23-21(26)15-5-3-4-6-16(15)22(23)27/h7-9,15-16H,3-6,10-11H2,1-2H3/t15-,16-/m1/s1. The first-order valence-corrected chi connectivity index (χ1v) is 9.90. The van der Waals surface area contributed by atoms with Crippen molar-refractivity contribution >= 4 is 28.8 Å². The lowest BCUT2D eigenvalue weighted by Gasteiger charge is -2.19. The zero-order chi connectivity index (χ0) is 20.7. The van der Waals surface area contributed by atoms with Crippen LogP contribution in [-0.2, 0) is 25.7 Å². The Kier molecular flexibility index (Phi) is 4.98. The van der Waals surface area contributed by atoms with E-state index in [1.807, 2.05) is 19.9 Å². The van der Waals surface area contributed by atoms with Gasteiger partial charge in [-0.3, -0.25) is 19.3 Å². The summed E-state index contributed by atoms with van der Waals surface area (Å²) in [7, 11) is 0. The second-order valence-electron chi connectivity index (χ2n) is 7.94. The number of amides is 2. The Morgan fingerprint density at radius 2 is 1.66 bits per heavy atom. The number of carbonyl (C=O) groups excluding carboxylic acids is 3. The van der Waals surface area contributed by atoms with Gasteiger partial charge in [-0.1, -0.05) is 12.8 Å². The smallest absolute Gasteiger partial charge is 0.336 e. The number of carbonyl (C=O) groups is 3. The minimum absolute atomic E-state index is 0.132. The van der Waals surface area contributed by atoms with Crippen LogP contribution in [0.5, 0.6) is 0 Å². The van der Waals surface area contributed by atoms with Crippen molar-refractivity contribution in [1.29, 1.82) is 0 Å². The number of hydrogen-bond acceptors (Lipinski definition) is 6. The predicted octanol–water partition coefficient (Wildman–Crippen LogP) is 2.63. The summed E-state index contributed by atoms with van der Waals surface area (Å²) in [5.74, 6) is -1.80. The van der Waals surface area contributed by atoms with Crippen LogP contribution >= 0.6 is 0 Å². The molecule has 1 saturated carbocycles. The molecule has 1 aromatic carbocycles. The summed E-state index contributed by atoms with van der Waals surface area (Å²) in [5, 5.41) is 0.694. The molecule has 0 radical (unpaired) electrons. The summed E-state index contributed by atoms with van der Waals surface area (Å²) >= 11 is 0. The van der Waals surface area contributed by atoms with Crippen LogP contribution in [0.4, 0.5) is 0 Å². The third-order valence-electron chi connectivity index (χ3n) is 6.05. The van der Waals surface area contributed by atoms with Crippen LogP contribution in [0.25, 0.3) is 11.0 Å². The molecule has 1 aliphatic heterocycles. The molecule has 0 N–H and O–H groups in total. The van der Waals surface area contributed by atoms with E-state index in [2.05, 4.69) is 0 Å². The predicted molar refractivity (Wildman–Crippen MR) is 104 cm³/mol. The molecule has 1 saturated heterocycles. The van der Waals surface area contributed by atoms with E-state index in [-0.39, 0.29) is 36.8 Å². The van der Waals surface area contributed by atoms with Crippen molar-refractivity contribution < 1.29 is 23.5 Å². The van der Waals surface area contributed by atoms with Gasteiger partial charge in [0.15, 0.2) is 0 Å². The van der Waals surface area contributed by atoms with E-state index in [1.54, 1.807) is 6.07 Å². The van der Waals surface area contributed by atoms with Gasteiger partial charge in [0, 0.05) is 17.0 Å².